The van der Waals surface area contributed by atoms with E-state index in [2.05, 4.69) is 29.9 Å². The second-order valence-electron chi connectivity index (χ2n) is 5.29. The topological polar surface area (TPSA) is 16.1 Å². The standard InChI is InChI=1S/C14H21ClN2/c1-11-5-3-7-13(9-11)17(2)10-12-6-4-8-14(15)16-12/h4,6,8,11,13H,3,5,7,9-10H2,1-2H3. The highest BCUT2D eigenvalue weighted by Crippen LogP contribution is 2.27. The lowest BCUT2D eigenvalue weighted by Gasteiger charge is -2.34. The zero-order chi connectivity index (χ0) is 12.3. The maximum Gasteiger partial charge on any atom is 0.129 e. The smallest absolute Gasteiger partial charge is 0.129 e. The zero-order valence-electron chi connectivity index (χ0n) is 10.7. The van der Waals surface area contributed by atoms with Crippen LogP contribution in [0.1, 0.15) is 38.3 Å². The van der Waals surface area contributed by atoms with Crippen LogP contribution in [0, 0.1) is 5.92 Å². The summed E-state index contributed by atoms with van der Waals surface area (Å²) in [5.41, 5.74) is 1.07. The van der Waals surface area contributed by atoms with Gasteiger partial charge in [-0.15, -0.1) is 0 Å². The SMILES string of the molecule is CC1CCCC(N(C)Cc2cccc(Cl)n2)C1. The lowest BCUT2D eigenvalue weighted by molar-refractivity contribution is 0.156. The van der Waals surface area contributed by atoms with E-state index in [0.29, 0.717) is 11.2 Å². The molecule has 2 atom stereocenters. The van der Waals surface area contributed by atoms with Crippen molar-refractivity contribution < 1.29 is 0 Å². The molecule has 0 aliphatic heterocycles. The van der Waals surface area contributed by atoms with Crippen LogP contribution < -0.4 is 0 Å². The molecule has 1 heterocycles. The largest absolute Gasteiger partial charge is 0.298 e. The second-order valence-corrected chi connectivity index (χ2v) is 5.68. The molecule has 0 saturated heterocycles. The molecule has 2 nitrogen and oxygen atoms in total. The molecule has 0 N–H and O–H groups in total. The molecule has 0 aromatic carbocycles. The lowest BCUT2D eigenvalue weighted by atomic mass is 9.86. The highest BCUT2D eigenvalue weighted by Gasteiger charge is 2.22. The third-order valence-electron chi connectivity index (χ3n) is 3.72. The Morgan fingerprint density at radius 3 is 2.94 bits per heavy atom. The van der Waals surface area contributed by atoms with Gasteiger partial charge in [0.25, 0.3) is 0 Å². The van der Waals surface area contributed by atoms with Gasteiger partial charge in [-0.1, -0.05) is 37.4 Å². The van der Waals surface area contributed by atoms with Gasteiger partial charge in [0.15, 0.2) is 0 Å². The van der Waals surface area contributed by atoms with Gasteiger partial charge in [0.1, 0.15) is 5.15 Å². The molecule has 1 fully saturated rings. The number of aromatic nitrogens is 1. The molecule has 1 aromatic rings. The van der Waals surface area contributed by atoms with Crippen LogP contribution in [0.4, 0.5) is 0 Å². The van der Waals surface area contributed by atoms with Crippen LogP contribution >= 0.6 is 11.6 Å². The van der Waals surface area contributed by atoms with E-state index < -0.39 is 0 Å². The summed E-state index contributed by atoms with van der Waals surface area (Å²) >= 11 is 5.91. The van der Waals surface area contributed by atoms with E-state index in [9.17, 15) is 0 Å². The van der Waals surface area contributed by atoms with Crippen molar-refractivity contribution in [3.63, 3.8) is 0 Å². The average Bonchev–Trinajstić information content (AvgIpc) is 2.29. The van der Waals surface area contributed by atoms with Crippen molar-refractivity contribution in [3.05, 3.63) is 29.0 Å². The fraction of sp³-hybridized carbons (Fsp3) is 0.643. The Hall–Kier alpha value is -0.600. The van der Waals surface area contributed by atoms with Gasteiger partial charge in [-0.2, -0.15) is 0 Å². The van der Waals surface area contributed by atoms with E-state index in [1.54, 1.807) is 0 Å². The second kappa shape index (κ2) is 5.83. The molecule has 0 amide bonds. The molecule has 0 bridgehead atoms. The molecule has 94 valence electrons. The van der Waals surface area contributed by atoms with Crippen molar-refractivity contribution in [2.45, 2.75) is 45.2 Å². The summed E-state index contributed by atoms with van der Waals surface area (Å²) in [5.74, 6) is 0.864. The Morgan fingerprint density at radius 1 is 1.41 bits per heavy atom. The maximum atomic E-state index is 5.91. The highest BCUT2D eigenvalue weighted by molar-refractivity contribution is 6.29. The van der Waals surface area contributed by atoms with E-state index in [1.807, 2.05) is 12.1 Å². The molecule has 1 aliphatic rings. The van der Waals surface area contributed by atoms with E-state index in [4.69, 9.17) is 11.6 Å². The minimum absolute atomic E-state index is 0.591. The highest BCUT2D eigenvalue weighted by atomic mass is 35.5. The van der Waals surface area contributed by atoms with Crippen molar-refractivity contribution in [1.82, 2.24) is 9.88 Å². The van der Waals surface area contributed by atoms with Crippen LogP contribution in [-0.4, -0.2) is 23.0 Å². The minimum Gasteiger partial charge on any atom is -0.298 e. The number of halogens is 1. The number of hydrogen-bond acceptors (Lipinski definition) is 2. The maximum absolute atomic E-state index is 5.91. The van der Waals surface area contributed by atoms with E-state index >= 15 is 0 Å². The summed E-state index contributed by atoms with van der Waals surface area (Å²) in [5, 5.41) is 0.591. The summed E-state index contributed by atoms with van der Waals surface area (Å²) in [7, 11) is 2.20. The molecule has 3 heteroatoms. The van der Waals surface area contributed by atoms with Gasteiger partial charge < -0.3 is 0 Å². The van der Waals surface area contributed by atoms with Crippen LogP contribution in [0.3, 0.4) is 0 Å². The molecule has 0 radical (unpaired) electrons. The van der Waals surface area contributed by atoms with Gasteiger partial charge in [0, 0.05) is 12.6 Å². The third-order valence-corrected chi connectivity index (χ3v) is 3.93. The molecule has 1 saturated carbocycles. The number of nitrogens with zero attached hydrogens (tertiary/aromatic N) is 2. The first-order chi connectivity index (χ1) is 8.15. The molecule has 0 spiro atoms. The fourth-order valence-corrected chi connectivity index (χ4v) is 2.91. The molecular formula is C14H21ClN2. The first-order valence-electron chi connectivity index (χ1n) is 6.47. The first-order valence-corrected chi connectivity index (χ1v) is 6.84. The van der Waals surface area contributed by atoms with Crippen molar-refractivity contribution in [1.29, 1.82) is 0 Å². The van der Waals surface area contributed by atoms with Crippen LogP contribution in [0.2, 0.25) is 5.15 Å². The zero-order valence-corrected chi connectivity index (χ0v) is 11.5. The van der Waals surface area contributed by atoms with Crippen molar-refractivity contribution in [3.8, 4) is 0 Å². The normalized spacial score (nSPS) is 25.2. The fourth-order valence-electron chi connectivity index (χ4n) is 2.73. The van der Waals surface area contributed by atoms with Crippen LogP contribution in [0.25, 0.3) is 0 Å². The summed E-state index contributed by atoms with van der Waals surface area (Å²) in [6, 6.07) is 6.56. The third kappa shape index (κ3) is 3.68. The quantitative estimate of drug-likeness (QED) is 0.762. The molecule has 1 aromatic heterocycles. The predicted molar refractivity (Wildman–Crippen MR) is 72.1 cm³/mol. The Labute approximate surface area is 109 Å². The van der Waals surface area contributed by atoms with Gasteiger partial charge in [0.2, 0.25) is 0 Å². The van der Waals surface area contributed by atoms with Crippen LogP contribution in [0.15, 0.2) is 18.2 Å². The molecule has 1 aliphatic carbocycles. The first kappa shape index (κ1) is 12.8. The van der Waals surface area contributed by atoms with Crippen LogP contribution in [0.5, 0.6) is 0 Å². The van der Waals surface area contributed by atoms with Crippen molar-refractivity contribution in [2.24, 2.45) is 5.92 Å². The summed E-state index contributed by atoms with van der Waals surface area (Å²) in [4.78, 5) is 6.78. The Morgan fingerprint density at radius 2 is 2.24 bits per heavy atom. The monoisotopic (exact) mass is 252 g/mol. The lowest BCUT2D eigenvalue weighted by Crippen LogP contribution is -2.35. The number of pyridine rings is 1. The van der Waals surface area contributed by atoms with E-state index in [1.165, 1.54) is 25.7 Å². The van der Waals surface area contributed by atoms with Gasteiger partial charge in [-0.05, 0) is 37.9 Å². The average molecular weight is 253 g/mol. The predicted octanol–water partition coefficient (Wildman–Crippen LogP) is 3.75. The van der Waals surface area contributed by atoms with Gasteiger partial charge in [-0.25, -0.2) is 4.98 Å². The number of hydrogen-bond donors (Lipinski definition) is 0. The summed E-state index contributed by atoms with van der Waals surface area (Å²) in [6.45, 7) is 3.26. The van der Waals surface area contributed by atoms with E-state index in [-0.39, 0.29) is 0 Å². The number of rotatable bonds is 3. The Kier molecular flexibility index (Phi) is 4.41. The van der Waals surface area contributed by atoms with Gasteiger partial charge >= 0.3 is 0 Å². The summed E-state index contributed by atoms with van der Waals surface area (Å²) < 4.78 is 0. The van der Waals surface area contributed by atoms with Gasteiger partial charge in [0.05, 0.1) is 5.69 Å². The Bertz CT molecular complexity index is 367. The molecule has 2 unspecified atom stereocenters. The molecule has 17 heavy (non-hydrogen) atoms. The summed E-state index contributed by atoms with van der Waals surface area (Å²) in [6.07, 6.45) is 5.39. The minimum atomic E-state index is 0.591. The van der Waals surface area contributed by atoms with Crippen LogP contribution in [-0.2, 0) is 6.54 Å². The molecule has 2 rings (SSSR count). The van der Waals surface area contributed by atoms with Crippen molar-refractivity contribution in [2.75, 3.05) is 7.05 Å². The Balaban J connectivity index is 1.94. The van der Waals surface area contributed by atoms with Gasteiger partial charge in [-0.3, -0.25) is 4.90 Å². The molecular weight excluding hydrogens is 232 g/mol. The van der Waals surface area contributed by atoms with Crippen molar-refractivity contribution >= 4 is 11.6 Å². The van der Waals surface area contributed by atoms with E-state index in [0.717, 1.165) is 18.2 Å².